The molecule has 0 spiro atoms. The maximum absolute atomic E-state index is 9.44. The second-order valence-electron chi connectivity index (χ2n) is 1.42. The van der Waals surface area contributed by atoms with Crippen LogP contribution in [0.1, 0.15) is 15.3 Å². The molecule has 7 heteroatoms. The minimum Gasteiger partial charge on any atom is -1.00 e. The van der Waals surface area contributed by atoms with E-state index in [-0.39, 0.29) is 58.6 Å². The first-order valence-corrected chi connectivity index (χ1v) is 3.55. The van der Waals surface area contributed by atoms with Gasteiger partial charge in [0.15, 0.2) is 0 Å². The van der Waals surface area contributed by atoms with Crippen molar-refractivity contribution in [2.45, 2.75) is 13.8 Å². The minimum absolute atomic E-state index is 0. The molecule has 0 aromatic carbocycles. The summed E-state index contributed by atoms with van der Waals surface area (Å²) in [5, 5.41) is 0. The molecule has 0 radical (unpaired) electrons. The molecule has 0 bridgehead atoms. The number of carbonyl (C=O) groups is 1. The van der Waals surface area contributed by atoms with Gasteiger partial charge < -0.3 is 20.9 Å². The average Bonchev–Trinajstić information content (AvgIpc) is 1.19. The molecule has 0 aliphatic heterocycles. The normalized spacial score (nSPS) is 8.50. The van der Waals surface area contributed by atoms with Crippen LogP contribution in [0.3, 0.4) is 0 Å². The summed E-state index contributed by atoms with van der Waals surface area (Å²) in [4.78, 5) is 31.0. The van der Waals surface area contributed by atoms with E-state index in [4.69, 9.17) is 19.2 Å². The van der Waals surface area contributed by atoms with Gasteiger partial charge in [-0.1, -0.05) is 0 Å². The van der Waals surface area contributed by atoms with Gasteiger partial charge in [0.25, 0.3) is 0 Å². The van der Waals surface area contributed by atoms with Crippen LogP contribution in [0.4, 0.5) is 0 Å². The number of carbonyl (C=O) groups excluding carboxylic acids is 1. The third kappa shape index (κ3) is 332. The Kier molecular flexibility index (Phi) is 14.9. The zero-order chi connectivity index (χ0) is 8.08. The summed E-state index contributed by atoms with van der Waals surface area (Å²) in [7, 11) is -4.64. The fraction of sp³-hybridized carbons (Fsp3) is 0.667. The Morgan fingerprint density at radius 2 is 1.30 bits per heavy atom. The Balaban J connectivity index is -0.0000000383. The molecule has 0 saturated heterocycles. The van der Waals surface area contributed by atoms with Crippen molar-refractivity contribution in [1.29, 1.82) is 0 Å². The number of phosphoric acid groups is 1. The van der Waals surface area contributed by atoms with E-state index in [0.717, 1.165) is 0 Å². The van der Waals surface area contributed by atoms with Crippen LogP contribution in [0.25, 0.3) is 0 Å². The van der Waals surface area contributed by atoms with Crippen molar-refractivity contribution >= 4 is 13.6 Å². The van der Waals surface area contributed by atoms with Gasteiger partial charge in [0.2, 0.25) is 0 Å². The van der Waals surface area contributed by atoms with Gasteiger partial charge in [0.05, 0.1) is 0 Å². The Hall–Kier alpha value is 1.42. The number of Topliss-reactive ketones (excluding diaryl/α,β-unsaturated/α-hetero) is 1. The maximum atomic E-state index is 9.44. The standard InChI is InChI=1S/C3H6O.K.H3O4P.H/c1-3(2)4;;1-5(2,3)4;/h1-2H3;;(H3,1,2,3,4);/q;+1;;-1. The van der Waals surface area contributed by atoms with E-state index in [0.29, 0.717) is 0 Å². The summed E-state index contributed by atoms with van der Waals surface area (Å²) < 4.78 is 8.88. The first-order valence-electron chi connectivity index (χ1n) is 1.99. The molecule has 0 aromatic heterocycles. The molecule has 0 unspecified atom stereocenters. The monoisotopic (exact) mass is 196 g/mol. The van der Waals surface area contributed by atoms with Crippen molar-refractivity contribution in [3.8, 4) is 0 Å². The quantitative estimate of drug-likeness (QED) is 0.280. The van der Waals surface area contributed by atoms with E-state index in [9.17, 15) is 4.79 Å². The van der Waals surface area contributed by atoms with Gasteiger partial charge in [-0.2, -0.15) is 0 Å². The van der Waals surface area contributed by atoms with Crippen molar-refractivity contribution in [2.24, 2.45) is 0 Å². The molecular weight excluding hydrogens is 186 g/mol. The summed E-state index contributed by atoms with van der Waals surface area (Å²) in [6.07, 6.45) is 0. The van der Waals surface area contributed by atoms with Gasteiger partial charge in [-0.3, -0.25) is 0 Å². The molecule has 0 amide bonds. The third-order valence-corrected chi connectivity index (χ3v) is 0. The molecule has 0 saturated carbocycles. The van der Waals surface area contributed by atoms with E-state index in [2.05, 4.69) is 0 Å². The first kappa shape index (κ1) is 17.5. The average molecular weight is 196 g/mol. The fourth-order valence-electron chi connectivity index (χ4n) is 0. The zero-order valence-corrected chi connectivity index (χ0v) is 10.1. The van der Waals surface area contributed by atoms with Crippen LogP contribution < -0.4 is 51.4 Å². The number of rotatable bonds is 0. The van der Waals surface area contributed by atoms with Gasteiger partial charge >= 0.3 is 59.2 Å². The summed E-state index contributed by atoms with van der Waals surface area (Å²) >= 11 is 0. The fourth-order valence-corrected chi connectivity index (χ4v) is 0. The van der Waals surface area contributed by atoms with E-state index < -0.39 is 7.82 Å². The minimum atomic E-state index is -4.64. The van der Waals surface area contributed by atoms with Crippen molar-refractivity contribution in [3.05, 3.63) is 0 Å². The SMILES string of the molecule is CC(C)=O.O=P(O)(O)O.[H-].[K+]. The third-order valence-electron chi connectivity index (χ3n) is 0. The van der Waals surface area contributed by atoms with Crippen LogP contribution >= 0.6 is 7.82 Å². The topological polar surface area (TPSA) is 94.8 Å². The van der Waals surface area contributed by atoms with Crippen molar-refractivity contribution in [3.63, 3.8) is 0 Å². The smallest absolute Gasteiger partial charge is 1.00 e. The summed E-state index contributed by atoms with van der Waals surface area (Å²) in [5.41, 5.74) is 0. The van der Waals surface area contributed by atoms with Gasteiger partial charge in [0, 0.05) is 0 Å². The van der Waals surface area contributed by atoms with Crippen LogP contribution in [-0.2, 0) is 9.36 Å². The Morgan fingerprint density at radius 3 is 1.30 bits per heavy atom. The van der Waals surface area contributed by atoms with E-state index in [1.54, 1.807) is 0 Å². The van der Waals surface area contributed by atoms with E-state index >= 15 is 0 Å². The largest absolute Gasteiger partial charge is 1.00 e. The Morgan fingerprint density at radius 1 is 1.30 bits per heavy atom. The molecule has 0 aliphatic carbocycles. The molecular formula is C3H10KO5P. The molecule has 10 heavy (non-hydrogen) atoms. The van der Waals surface area contributed by atoms with Crippen LogP contribution in [0.2, 0.25) is 0 Å². The van der Waals surface area contributed by atoms with Gasteiger partial charge in [-0.25, -0.2) is 4.57 Å². The predicted molar refractivity (Wildman–Crippen MR) is 31.7 cm³/mol. The molecule has 0 aliphatic rings. The molecule has 3 N–H and O–H groups in total. The van der Waals surface area contributed by atoms with E-state index in [1.807, 2.05) is 0 Å². The van der Waals surface area contributed by atoms with Crippen molar-refractivity contribution < 1.29 is 76.9 Å². The Labute approximate surface area is 103 Å². The van der Waals surface area contributed by atoms with Crippen molar-refractivity contribution in [1.82, 2.24) is 0 Å². The molecule has 5 nitrogen and oxygen atoms in total. The predicted octanol–water partition coefficient (Wildman–Crippen LogP) is -3.22. The molecule has 0 heterocycles. The molecule has 0 fully saturated rings. The van der Waals surface area contributed by atoms with Crippen LogP contribution in [0.5, 0.6) is 0 Å². The summed E-state index contributed by atoms with van der Waals surface area (Å²) in [5.74, 6) is 0.167. The van der Waals surface area contributed by atoms with Crippen LogP contribution in [0, 0.1) is 0 Å². The van der Waals surface area contributed by atoms with Crippen molar-refractivity contribution in [2.75, 3.05) is 0 Å². The Bertz CT molecular complexity index is 121. The first-order chi connectivity index (χ1) is 3.73. The molecule has 0 aromatic rings. The van der Waals surface area contributed by atoms with E-state index in [1.165, 1.54) is 13.8 Å². The van der Waals surface area contributed by atoms with Crippen LogP contribution in [-0.4, -0.2) is 20.5 Å². The van der Waals surface area contributed by atoms with Gasteiger partial charge in [-0.15, -0.1) is 0 Å². The number of ketones is 1. The maximum Gasteiger partial charge on any atom is 1.00 e. The zero-order valence-electron chi connectivity index (χ0n) is 7.11. The summed E-state index contributed by atoms with van der Waals surface area (Å²) in [6.45, 7) is 3.06. The van der Waals surface area contributed by atoms with Crippen LogP contribution in [0.15, 0.2) is 0 Å². The summed E-state index contributed by atoms with van der Waals surface area (Å²) in [6, 6.07) is 0. The van der Waals surface area contributed by atoms with Gasteiger partial charge in [0.1, 0.15) is 5.78 Å². The second-order valence-corrected chi connectivity index (χ2v) is 2.45. The number of hydrogen-bond donors (Lipinski definition) is 3. The van der Waals surface area contributed by atoms with Gasteiger partial charge in [-0.05, 0) is 13.8 Å². The molecule has 0 atom stereocenters. The molecule has 58 valence electrons. The second kappa shape index (κ2) is 8.51. The molecule has 0 rings (SSSR count). The number of hydrogen-bond acceptors (Lipinski definition) is 2.